The van der Waals surface area contributed by atoms with Crippen LogP contribution in [0.3, 0.4) is 0 Å². The molecular formula is C16H28N2O2. The van der Waals surface area contributed by atoms with E-state index in [1.165, 1.54) is 39.0 Å². The van der Waals surface area contributed by atoms with Gasteiger partial charge in [0.05, 0.1) is 0 Å². The molecule has 1 saturated heterocycles. The topological polar surface area (TPSA) is 49.4 Å². The van der Waals surface area contributed by atoms with Gasteiger partial charge in [-0.1, -0.05) is 32.1 Å². The first kappa shape index (κ1) is 15.3. The van der Waals surface area contributed by atoms with Crippen LogP contribution in [0.5, 0.6) is 0 Å². The molecule has 1 unspecified atom stereocenters. The summed E-state index contributed by atoms with van der Waals surface area (Å²) in [5.41, 5.74) is 0. The summed E-state index contributed by atoms with van der Waals surface area (Å²) < 4.78 is 0. The van der Waals surface area contributed by atoms with Crippen LogP contribution >= 0.6 is 0 Å². The number of likely N-dealkylation sites (tertiary alicyclic amines) is 1. The number of hydrogen-bond donors (Lipinski definition) is 1. The Kier molecular flexibility index (Phi) is 5.86. The fraction of sp³-hybridized carbons (Fsp3) is 0.875. The van der Waals surface area contributed by atoms with Gasteiger partial charge in [-0.3, -0.25) is 9.59 Å². The van der Waals surface area contributed by atoms with Gasteiger partial charge < -0.3 is 10.2 Å². The van der Waals surface area contributed by atoms with E-state index >= 15 is 0 Å². The molecule has 0 radical (unpaired) electrons. The molecule has 0 spiro atoms. The van der Waals surface area contributed by atoms with E-state index in [9.17, 15) is 9.59 Å². The molecule has 2 fully saturated rings. The predicted octanol–water partition coefficient (Wildman–Crippen LogP) is 2.47. The van der Waals surface area contributed by atoms with Crippen LogP contribution in [0.4, 0.5) is 0 Å². The lowest BCUT2D eigenvalue weighted by molar-refractivity contribution is -0.138. The number of nitrogens with one attached hydrogen (secondary N) is 1. The van der Waals surface area contributed by atoms with Gasteiger partial charge >= 0.3 is 0 Å². The zero-order valence-corrected chi connectivity index (χ0v) is 12.7. The lowest BCUT2D eigenvalue weighted by Gasteiger charge is -2.31. The second kappa shape index (κ2) is 7.65. The van der Waals surface area contributed by atoms with E-state index in [0.717, 1.165) is 38.8 Å². The second-order valence-corrected chi connectivity index (χ2v) is 6.32. The minimum absolute atomic E-state index is 0.0812. The highest BCUT2D eigenvalue weighted by molar-refractivity contribution is 5.87. The molecule has 1 N–H and O–H groups in total. The molecule has 4 nitrogen and oxygen atoms in total. The third-order valence-corrected chi connectivity index (χ3v) is 4.66. The van der Waals surface area contributed by atoms with Crippen molar-refractivity contribution in [3.05, 3.63) is 0 Å². The van der Waals surface area contributed by atoms with Crippen LogP contribution in [0.25, 0.3) is 0 Å². The van der Waals surface area contributed by atoms with E-state index in [-0.39, 0.29) is 17.9 Å². The Hall–Kier alpha value is -1.06. The quantitative estimate of drug-likeness (QED) is 0.863. The predicted molar refractivity (Wildman–Crippen MR) is 79.2 cm³/mol. The number of nitrogens with zero attached hydrogens (tertiary/aromatic N) is 1. The largest absolute Gasteiger partial charge is 0.344 e. The van der Waals surface area contributed by atoms with E-state index in [1.807, 2.05) is 4.90 Å². The molecule has 4 heteroatoms. The van der Waals surface area contributed by atoms with Crippen LogP contribution in [0, 0.1) is 5.92 Å². The average Bonchev–Trinajstić information content (AvgIpc) is 2.88. The molecule has 1 aliphatic carbocycles. The second-order valence-electron chi connectivity index (χ2n) is 6.32. The first-order chi connectivity index (χ1) is 9.68. The summed E-state index contributed by atoms with van der Waals surface area (Å²) in [6.07, 6.45) is 10.5. The Morgan fingerprint density at radius 3 is 2.05 bits per heavy atom. The standard InChI is InChI=1S/C16H28N2O2/c1-13(19)17-15(14-9-5-6-10-14)16(20)18-11-7-3-2-4-8-12-18/h14-15H,2-12H2,1H3,(H,17,19). The lowest BCUT2D eigenvalue weighted by Crippen LogP contribution is -2.52. The number of carbonyl (C=O) groups excluding carboxylic acids is 2. The summed E-state index contributed by atoms with van der Waals surface area (Å²) in [6, 6.07) is -0.283. The summed E-state index contributed by atoms with van der Waals surface area (Å²) in [5, 5.41) is 2.92. The Morgan fingerprint density at radius 2 is 1.50 bits per heavy atom. The summed E-state index contributed by atoms with van der Waals surface area (Å²) in [5.74, 6) is 0.424. The van der Waals surface area contributed by atoms with E-state index in [2.05, 4.69) is 5.32 Å². The van der Waals surface area contributed by atoms with Crippen LogP contribution in [0.1, 0.15) is 64.7 Å². The van der Waals surface area contributed by atoms with Gasteiger partial charge in [-0.15, -0.1) is 0 Å². The molecule has 0 aromatic rings. The minimum Gasteiger partial charge on any atom is -0.344 e. The highest BCUT2D eigenvalue weighted by atomic mass is 16.2. The fourth-order valence-electron chi connectivity index (χ4n) is 3.56. The molecule has 2 amide bonds. The van der Waals surface area contributed by atoms with Crippen molar-refractivity contribution in [2.24, 2.45) is 5.92 Å². The SMILES string of the molecule is CC(=O)NC(C(=O)N1CCCCCCC1)C1CCCC1. The molecule has 1 aliphatic heterocycles. The van der Waals surface area contributed by atoms with Gasteiger partial charge in [-0.25, -0.2) is 0 Å². The molecule has 2 rings (SSSR count). The lowest BCUT2D eigenvalue weighted by atomic mass is 9.96. The third-order valence-electron chi connectivity index (χ3n) is 4.66. The van der Waals surface area contributed by atoms with Crippen molar-refractivity contribution < 1.29 is 9.59 Å². The Morgan fingerprint density at radius 1 is 0.950 bits per heavy atom. The van der Waals surface area contributed by atoms with Gasteiger partial charge in [0.1, 0.15) is 6.04 Å². The van der Waals surface area contributed by atoms with Crippen molar-refractivity contribution in [2.45, 2.75) is 70.8 Å². The normalized spacial score (nSPS) is 22.9. The van der Waals surface area contributed by atoms with Gasteiger partial charge in [0, 0.05) is 20.0 Å². The average molecular weight is 280 g/mol. The molecule has 0 aromatic heterocycles. The first-order valence-electron chi connectivity index (χ1n) is 8.24. The molecular weight excluding hydrogens is 252 g/mol. The molecule has 0 bridgehead atoms. The number of hydrogen-bond acceptors (Lipinski definition) is 2. The van der Waals surface area contributed by atoms with E-state index < -0.39 is 0 Å². The zero-order chi connectivity index (χ0) is 14.4. The molecule has 1 atom stereocenters. The van der Waals surface area contributed by atoms with E-state index in [4.69, 9.17) is 0 Å². The maximum Gasteiger partial charge on any atom is 0.245 e. The summed E-state index contributed by atoms with van der Waals surface area (Å²) in [7, 11) is 0. The van der Waals surface area contributed by atoms with Crippen molar-refractivity contribution in [3.8, 4) is 0 Å². The molecule has 0 aromatic carbocycles. The third kappa shape index (κ3) is 4.22. The van der Waals surface area contributed by atoms with Gasteiger partial charge in [0.2, 0.25) is 11.8 Å². The summed E-state index contributed by atoms with van der Waals surface area (Å²) >= 11 is 0. The zero-order valence-electron chi connectivity index (χ0n) is 12.7. The Balaban J connectivity index is 2.01. The van der Waals surface area contributed by atoms with Gasteiger partial charge in [0.15, 0.2) is 0 Å². The van der Waals surface area contributed by atoms with Crippen molar-refractivity contribution >= 4 is 11.8 Å². The maximum atomic E-state index is 12.8. The monoisotopic (exact) mass is 280 g/mol. The highest BCUT2D eigenvalue weighted by Crippen LogP contribution is 2.29. The van der Waals surface area contributed by atoms with Crippen LogP contribution in [-0.2, 0) is 9.59 Å². The smallest absolute Gasteiger partial charge is 0.245 e. The first-order valence-corrected chi connectivity index (χ1v) is 8.24. The van der Waals surface area contributed by atoms with Crippen molar-refractivity contribution in [3.63, 3.8) is 0 Å². The van der Waals surface area contributed by atoms with E-state index in [1.54, 1.807) is 0 Å². The maximum absolute atomic E-state index is 12.8. The van der Waals surface area contributed by atoms with Gasteiger partial charge in [-0.2, -0.15) is 0 Å². The minimum atomic E-state index is -0.283. The molecule has 1 saturated carbocycles. The number of carbonyl (C=O) groups is 2. The number of amides is 2. The van der Waals surface area contributed by atoms with Crippen molar-refractivity contribution in [2.75, 3.05) is 13.1 Å². The molecule has 1 heterocycles. The van der Waals surface area contributed by atoms with Crippen LogP contribution < -0.4 is 5.32 Å². The van der Waals surface area contributed by atoms with Crippen LogP contribution in [0.2, 0.25) is 0 Å². The fourth-order valence-corrected chi connectivity index (χ4v) is 3.56. The number of rotatable bonds is 3. The molecule has 20 heavy (non-hydrogen) atoms. The van der Waals surface area contributed by atoms with Crippen LogP contribution in [0.15, 0.2) is 0 Å². The Bertz CT molecular complexity index is 329. The van der Waals surface area contributed by atoms with Gasteiger partial charge in [0.25, 0.3) is 0 Å². The van der Waals surface area contributed by atoms with Crippen molar-refractivity contribution in [1.82, 2.24) is 10.2 Å². The van der Waals surface area contributed by atoms with Crippen molar-refractivity contribution in [1.29, 1.82) is 0 Å². The summed E-state index contributed by atoms with van der Waals surface area (Å²) in [6.45, 7) is 3.24. The molecule has 2 aliphatic rings. The van der Waals surface area contributed by atoms with Crippen LogP contribution in [-0.4, -0.2) is 35.8 Å². The molecule has 114 valence electrons. The highest BCUT2D eigenvalue weighted by Gasteiger charge is 2.33. The van der Waals surface area contributed by atoms with E-state index in [0.29, 0.717) is 5.92 Å². The Labute approximate surface area is 122 Å². The summed E-state index contributed by atoms with van der Waals surface area (Å²) in [4.78, 5) is 26.2. The van der Waals surface area contributed by atoms with Gasteiger partial charge in [-0.05, 0) is 31.6 Å².